The summed E-state index contributed by atoms with van der Waals surface area (Å²) < 4.78 is 0. The highest BCUT2D eigenvalue weighted by Gasteiger charge is 2.16. The SMILES string of the molecule is CC(C)(C)CCNCC(/C(N)=N/O)c1ccccc1. The standard InChI is InChI=1S/C15H25N3O/c1-15(2,3)9-10-17-11-13(14(16)18-19)12-7-5-4-6-8-12/h4-8,13,17,19H,9-11H2,1-3H3,(H2,16,18). The van der Waals surface area contributed by atoms with Crippen LogP contribution in [0.4, 0.5) is 0 Å². The Balaban J connectivity index is 2.58. The molecule has 1 atom stereocenters. The van der Waals surface area contributed by atoms with Crippen molar-refractivity contribution >= 4 is 5.84 Å². The summed E-state index contributed by atoms with van der Waals surface area (Å²) in [6, 6.07) is 9.87. The van der Waals surface area contributed by atoms with E-state index in [2.05, 4.69) is 31.2 Å². The minimum absolute atomic E-state index is 0.0915. The molecule has 0 aliphatic heterocycles. The normalized spacial score (nSPS) is 14.4. The quantitative estimate of drug-likeness (QED) is 0.243. The summed E-state index contributed by atoms with van der Waals surface area (Å²) in [4.78, 5) is 0. The highest BCUT2D eigenvalue weighted by molar-refractivity contribution is 5.87. The molecule has 4 heteroatoms. The third-order valence-corrected chi connectivity index (χ3v) is 3.07. The molecule has 1 aromatic carbocycles. The molecule has 0 heterocycles. The summed E-state index contributed by atoms with van der Waals surface area (Å²) in [5.41, 5.74) is 7.15. The second-order valence-corrected chi connectivity index (χ2v) is 6.00. The molecule has 0 bridgehead atoms. The van der Waals surface area contributed by atoms with Crippen molar-refractivity contribution in [2.75, 3.05) is 13.1 Å². The Morgan fingerprint density at radius 1 is 1.32 bits per heavy atom. The van der Waals surface area contributed by atoms with E-state index >= 15 is 0 Å². The highest BCUT2D eigenvalue weighted by atomic mass is 16.4. The van der Waals surface area contributed by atoms with Crippen LogP contribution in [0.3, 0.4) is 0 Å². The molecule has 1 aromatic rings. The summed E-state index contributed by atoms with van der Waals surface area (Å²) in [6.45, 7) is 8.24. The van der Waals surface area contributed by atoms with Gasteiger partial charge >= 0.3 is 0 Å². The van der Waals surface area contributed by atoms with Crippen molar-refractivity contribution in [1.29, 1.82) is 0 Å². The van der Waals surface area contributed by atoms with Gasteiger partial charge in [-0.2, -0.15) is 0 Å². The molecule has 0 aromatic heterocycles. The molecule has 0 aliphatic rings. The molecule has 1 unspecified atom stereocenters. The van der Waals surface area contributed by atoms with Gasteiger partial charge in [-0.1, -0.05) is 56.3 Å². The minimum atomic E-state index is -0.0915. The Morgan fingerprint density at radius 2 is 1.95 bits per heavy atom. The number of rotatable bonds is 6. The van der Waals surface area contributed by atoms with E-state index in [1.165, 1.54) is 0 Å². The molecule has 19 heavy (non-hydrogen) atoms. The molecule has 0 radical (unpaired) electrons. The minimum Gasteiger partial charge on any atom is -0.409 e. The van der Waals surface area contributed by atoms with Crippen molar-refractivity contribution in [3.8, 4) is 0 Å². The predicted octanol–water partition coefficient (Wildman–Crippen LogP) is 2.54. The van der Waals surface area contributed by atoms with E-state index in [4.69, 9.17) is 10.9 Å². The molecule has 0 saturated heterocycles. The van der Waals surface area contributed by atoms with Gasteiger partial charge in [0.25, 0.3) is 0 Å². The van der Waals surface area contributed by atoms with Crippen LogP contribution in [-0.4, -0.2) is 24.1 Å². The van der Waals surface area contributed by atoms with Gasteiger partial charge in [-0.3, -0.25) is 0 Å². The zero-order chi connectivity index (χ0) is 14.3. The van der Waals surface area contributed by atoms with E-state index in [1.54, 1.807) is 0 Å². The van der Waals surface area contributed by atoms with Crippen molar-refractivity contribution < 1.29 is 5.21 Å². The van der Waals surface area contributed by atoms with Crippen molar-refractivity contribution in [2.24, 2.45) is 16.3 Å². The predicted molar refractivity (Wildman–Crippen MR) is 79.5 cm³/mol. The van der Waals surface area contributed by atoms with Gasteiger partial charge in [-0.25, -0.2) is 0 Å². The maximum Gasteiger partial charge on any atom is 0.147 e. The van der Waals surface area contributed by atoms with Crippen LogP contribution in [0, 0.1) is 5.41 Å². The van der Waals surface area contributed by atoms with Crippen molar-refractivity contribution in [2.45, 2.75) is 33.1 Å². The van der Waals surface area contributed by atoms with E-state index in [0.29, 0.717) is 12.0 Å². The maximum atomic E-state index is 8.89. The van der Waals surface area contributed by atoms with Gasteiger partial charge in [0.2, 0.25) is 0 Å². The summed E-state index contributed by atoms with van der Waals surface area (Å²) in [5, 5.41) is 15.4. The number of hydrogen-bond donors (Lipinski definition) is 3. The zero-order valence-electron chi connectivity index (χ0n) is 12.1. The van der Waals surface area contributed by atoms with E-state index in [0.717, 1.165) is 18.5 Å². The average Bonchev–Trinajstić information content (AvgIpc) is 2.38. The molecule has 4 nitrogen and oxygen atoms in total. The third-order valence-electron chi connectivity index (χ3n) is 3.07. The molecule has 1 rings (SSSR count). The van der Waals surface area contributed by atoms with Crippen LogP contribution in [0.25, 0.3) is 0 Å². The molecular formula is C15H25N3O. The van der Waals surface area contributed by atoms with Crippen LogP contribution in [0.2, 0.25) is 0 Å². The van der Waals surface area contributed by atoms with E-state index < -0.39 is 0 Å². The Labute approximate surface area is 115 Å². The molecule has 0 spiro atoms. The molecular weight excluding hydrogens is 238 g/mol. The van der Waals surface area contributed by atoms with Crippen LogP contribution in [-0.2, 0) is 0 Å². The second kappa shape index (κ2) is 7.14. The first kappa shape index (κ1) is 15.5. The van der Waals surface area contributed by atoms with Crippen LogP contribution < -0.4 is 11.1 Å². The van der Waals surface area contributed by atoms with E-state index in [-0.39, 0.29) is 11.8 Å². The Bertz CT molecular complexity index is 396. The summed E-state index contributed by atoms with van der Waals surface area (Å²) in [7, 11) is 0. The van der Waals surface area contributed by atoms with Crippen molar-refractivity contribution in [1.82, 2.24) is 5.32 Å². The lowest BCUT2D eigenvalue weighted by molar-refractivity contribution is 0.315. The first-order valence-electron chi connectivity index (χ1n) is 6.67. The van der Waals surface area contributed by atoms with E-state index in [1.807, 2.05) is 30.3 Å². The topological polar surface area (TPSA) is 70.6 Å². The molecule has 0 aliphatic carbocycles. The lowest BCUT2D eigenvalue weighted by Gasteiger charge is -2.20. The number of oxime groups is 1. The number of amidine groups is 1. The Morgan fingerprint density at radius 3 is 2.47 bits per heavy atom. The van der Waals surface area contributed by atoms with Gasteiger partial charge in [0, 0.05) is 6.54 Å². The number of benzene rings is 1. The third kappa shape index (κ3) is 5.75. The van der Waals surface area contributed by atoms with Gasteiger partial charge in [-0.15, -0.1) is 0 Å². The fraction of sp³-hybridized carbons (Fsp3) is 0.533. The number of nitrogens with two attached hydrogens (primary N) is 1. The smallest absolute Gasteiger partial charge is 0.147 e. The summed E-state index contributed by atoms with van der Waals surface area (Å²) in [6.07, 6.45) is 1.09. The number of nitrogens with zero attached hydrogens (tertiary/aromatic N) is 1. The zero-order valence-corrected chi connectivity index (χ0v) is 12.1. The van der Waals surface area contributed by atoms with Crippen LogP contribution >= 0.6 is 0 Å². The molecule has 0 fully saturated rings. The molecule has 0 saturated carbocycles. The van der Waals surface area contributed by atoms with E-state index in [9.17, 15) is 0 Å². The van der Waals surface area contributed by atoms with Crippen molar-refractivity contribution in [3.63, 3.8) is 0 Å². The Kier molecular flexibility index (Phi) is 5.83. The molecule has 4 N–H and O–H groups in total. The highest BCUT2D eigenvalue weighted by Crippen LogP contribution is 2.18. The van der Waals surface area contributed by atoms with Gasteiger partial charge in [0.1, 0.15) is 5.84 Å². The lowest BCUT2D eigenvalue weighted by atomic mass is 9.92. The maximum absolute atomic E-state index is 8.89. The first-order chi connectivity index (χ1) is 8.94. The summed E-state index contributed by atoms with van der Waals surface area (Å²) >= 11 is 0. The summed E-state index contributed by atoms with van der Waals surface area (Å²) in [5.74, 6) is 0.153. The van der Waals surface area contributed by atoms with Gasteiger partial charge < -0.3 is 16.3 Å². The van der Waals surface area contributed by atoms with Crippen LogP contribution in [0.1, 0.15) is 38.7 Å². The first-order valence-corrected chi connectivity index (χ1v) is 6.67. The van der Waals surface area contributed by atoms with Crippen LogP contribution in [0.5, 0.6) is 0 Å². The fourth-order valence-electron chi connectivity index (χ4n) is 1.86. The van der Waals surface area contributed by atoms with Crippen molar-refractivity contribution in [3.05, 3.63) is 35.9 Å². The molecule has 0 amide bonds. The van der Waals surface area contributed by atoms with Gasteiger partial charge in [0.15, 0.2) is 0 Å². The number of hydrogen-bond acceptors (Lipinski definition) is 3. The van der Waals surface area contributed by atoms with Crippen LogP contribution in [0.15, 0.2) is 35.5 Å². The fourth-order valence-corrected chi connectivity index (χ4v) is 1.86. The van der Waals surface area contributed by atoms with Gasteiger partial charge in [0.05, 0.1) is 5.92 Å². The molecule has 106 valence electrons. The Hall–Kier alpha value is -1.55. The number of nitrogens with one attached hydrogen (secondary N) is 1. The lowest BCUT2D eigenvalue weighted by Crippen LogP contribution is -2.33. The average molecular weight is 263 g/mol. The monoisotopic (exact) mass is 263 g/mol. The second-order valence-electron chi connectivity index (χ2n) is 6.00. The largest absolute Gasteiger partial charge is 0.409 e. The van der Waals surface area contributed by atoms with Gasteiger partial charge in [-0.05, 0) is 23.9 Å².